The van der Waals surface area contributed by atoms with Gasteiger partial charge < -0.3 is 8.82 Å². The molecule has 0 aliphatic rings. The summed E-state index contributed by atoms with van der Waals surface area (Å²) in [4.78, 5) is 0. The molecule has 3 heterocycles. The third-order valence-corrected chi connectivity index (χ3v) is 6.91. The maximum absolute atomic E-state index is 6.26. The molecule has 148 valence electrons. The minimum absolute atomic E-state index is 0.932. The van der Waals surface area contributed by atoms with Gasteiger partial charge in [0.25, 0.3) is 0 Å². The molecule has 0 aliphatic heterocycles. The first kappa shape index (κ1) is 16.4. The van der Waals surface area contributed by atoms with E-state index in [2.05, 4.69) is 95.5 Å². The minimum atomic E-state index is 0.932. The molecule has 0 N–H and O–H groups in total. The number of furan rings is 1. The third kappa shape index (κ3) is 1.99. The van der Waals surface area contributed by atoms with Gasteiger partial charge in [-0.05, 0) is 46.5 Å². The lowest BCUT2D eigenvalue weighted by Crippen LogP contribution is -1.90. The Morgan fingerprint density at radius 1 is 0.469 bits per heavy atom. The Morgan fingerprint density at radius 3 is 2.00 bits per heavy atom. The average Bonchev–Trinajstić information content (AvgIpc) is 3.40. The number of nitrogens with zero attached hydrogens (tertiary/aromatic N) is 1. The molecule has 0 unspecified atom stereocenters. The topological polar surface area (TPSA) is 17.6 Å². The van der Waals surface area contributed by atoms with E-state index in [1.165, 1.54) is 48.7 Å². The van der Waals surface area contributed by atoms with Gasteiger partial charge in [0.05, 0.1) is 11.0 Å². The molecule has 32 heavy (non-hydrogen) atoms. The van der Waals surface area contributed by atoms with Crippen molar-refractivity contribution in [3.63, 3.8) is 0 Å². The van der Waals surface area contributed by atoms with E-state index in [1.54, 1.807) is 0 Å². The fourth-order valence-corrected chi connectivity index (χ4v) is 5.46. The van der Waals surface area contributed by atoms with Gasteiger partial charge in [-0.25, -0.2) is 0 Å². The summed E-state index contributed by atoms with van der Waals surface area (Å²) in [6.07, 6.45) is 2.27. The van der Waals surface area contributed by atoms with Crippen LogP contribution in [0.5, 0.6) is 0 Å². The highest BCUT2D eigenvalue weighted by Gasteiger charge is 2.16. The van der Waals surface area contributed by atoms with E-state index in [4.69, 9.17) is 4.42 Å². The molecule has 8 aromatic rings. The first-order valence-corrected chi connectivity index (χ1v) is 10.9. The number of hydrogen-bond donors (Lipinski definition) is 0. The summed E-state index contributed by atoms with van der Waals surface area (Å²) in [6, 6.07) is 34.8. The second kappa shape index (κ2) is 5.68. The Bertz CT molecular complexity index is 2040. The summed E-state index contributed by atoms with van der Waals surface area (Å²) in [5, 5.41) is 11.1. The zero-order valence-corrected chi connectivity index (χ0v) is 17.2. The van der Waals surface area contributed by atoms with E-state index >= 15 is 0 Å². The van der Waals surface area contributed by atoms with Crippen LogP contribution >= 0.6 is 0 Å². The molecule has 8 rings (SSSR count). The number of pyridine rings is 1. The van der Waals surface area contributed by atoms with Crippen molar-refractivity contribution in [3.8, 4) is 0 Å². The molecule has 0 radical (unpaired) electrons. The second-order valence-electron chi connectivity index (χ2n) is 8.64. The van der Waals surface area contributed by atoms with E-state index in [0.29, 0.717) is 0 Å². The largest absolute Gasteiger partial charge is 0.456 e. The van der Waals surface area contributed by atoms with Crippen LogP contribution in [0.15, 0.2) is 108 Å². The lowest BCUT2D eigenvalue weighted by Gasteiger charge is -2.11. The summed E-state index contributed by atoms with van der Waals surface area (Å²) in [6.45, 7) is 0. The van der Waals surface area contributed by atoms with Crippen LogP contribution in [-0.2, 0) is 0 Å². The minimum Gasteiger partial charge on any atom is -0.456 e. The molecule has 0 saturated heterocycles. The first-order valence-electron chi connectivity index (χ1n) is 10.9. The lowest BCUT2D eigenvalue weighted by molar-refractivity contribution is 0.669. The highest BCUT2D eigenvalue weighted by Crippen LogP contribution is 2.40. The molecule has 0 spiro atoms. The fourth-order valence-electron chi connectivity index (χ4n) is 5.46. The summed E-state index contributed by atoms with van der Waals surface area (Å²) in [5.41, 5.74) is 4.34. The molecule has 5 aromatic carbocycles. The van der Waals surface area contributed by atoms with E-state index in [9.17, 15) is 0 Å². The van der Waals surface area contributed by atoms with E-state index in [1.807, 2.05) is 12.1 Å². The van der Waals surface area contributed by atoms with Crippen molar-refractivity contribution in [2.45, 2.75) is 0 Å². The number of para-hydroxylation sites is 1. The Kier molecular flexibility index (Phi) is 2.91. The molecule has 0 aliphatic carbocycles. The Balaban J connectivity index is 1.72. The number of hydrogen-bond acceptors (Lipinski definition) is 1. The van der Waals surface area contributed by atoms with Gasteiger partial charge >= 0.3 is 0 Å². The second-order valence-corrected chi connectivity index (χ2v) is 8.64. The van der Waals surface area contributed by atoms with Crippen LogP contribution in [0.1, 0.15) is 0 Å². The van der Waals surface area contributed by atoms with Crippen LogP contribution in [0.2, 0.25) is 0 Å². The van der Waals surface area contributed by atoms with Crippen molar-refractivity contribution < 1.29 is 4.42 Å². The van der Waals surface area contributed by atoms with Crippen molar-refractivity contribution in [2.24, 2.45) is 0 Å². The summed E-state index contributed by atoms with van der Waals surface area (Å²) in [7, 11) is 0. The van der Waals surface area contributed by atoms with Gasteiger partial charge in [-0.2, -0.15) is 0 Å². The van der Waals surface area contributed by atoms with Gasteiger partial charge in [-0.1, -0.05) is 66.7 Å². The van der Waals surface area contributed by atoms with Crippen molar-refractivity contribution >= 4 is 70.7 Å². The number of benzene rings is 5. The van der Waals surface area contributed by atoms with Crippen LogP contribution in [0.3, 0.4) is 0 Å². The molecule has 0 fully saturated rings. The summed E-state index contributed by atoms with van der Waals surface area (Å²) >= 11 is 0. The van der Waals surface area contributed by atoms with Crippen molar-refractivity contribution in [2.75, 3.05) is 0 Å². The van der Waals surface area contributed by atoms with Crippen molar-refractivity contribution in [3.05, 3.63) is 103 Å². The highest BCUT2D eigenvalue weighted by molar-refractivity contribution is 6.24. The van der Waals surface area contributed by atoms with E-state index in [-0.39, 0.29) is 0 Å². The highest BCUT2D eigenvalue weighted by atomic mass is 16.3. The van der Waals surface area contributed by atoms with Gasteiger partial charge in [-0.3, -0.25) is 0 Å². The van der Waals surface area contributed by atoms with Gasteiger partial charge in [0.15, 0.2) is 0 Å². The SMILES string of the molecule is c1ccc2cc3c(cc2c1)c1cc2oc4ccccc4c2cc1n1cc2ccccc2c31. The predicted octanol–water partition coefficient (Wildman–Crippen LogP) is 8.45. The van der Waals surface area contributed by atoms with Gasteiger partial charge in [0, 0.05) is 38.5 Å². The zero-order chi connectivity index (χ0) is 20.8. The van der Waals surface area contributed by atoms with Gasteiger partial charge in [-0.15, -0.1) is 0 Å². The molecule has 0 atom stereocenters. The predicted molar refractivity (Wildman–Crippen MR) is 135 cm³/mol. The van der Waals surface area contributed by atoms with Crippen LogP contribution in [-0.4, -0.2) is 4.40 Å². The standard InChI is InChI=1S/C30H17NO/c1-2-8-19-14-26-23(13-18(19)7-1)24-16-29-25(22-11-5-6-12-28(22)32-29)15-27(24)31-17-20-9-3-4-10-21(20)30(26)31/h1-17H. The summed E-state index contributed by atoms with van der Waals surface area (Å²) < 4.78 is 8.63. The van der Waals surface area contributed by atoms with E-state index < -0.39 is 0 Å². The number of aromatic nitrogens is 1. The smallest absolute Gasteiger partial charge is 0.136 e. The fraction of sp³-hybridized carbons (Fsp3) is 0. The van der Waals surface area contributed by atoms with Gasteiger partial charge in [0.2, 0.25) is 0 Å². The number of rotatable bonds is 0. The molecule has 2 heteroatoms. The molecule has 0 amide bonds. The van der Waals surface area contributed by atoms with Crippen LogP contribution in [0, 0.1) is 0 Å². The van der Waals surface area contributed by atoms with Crippen molar-refractivity contribution in [1.29, 1.82) is 0 Å². The maximum atomic E-state index is 6.26. The lowest BCUT2D eigenvalue weighted by atomic mass is 9.98. The molecule has 2 nitrogen and oxygen atoms in total. The van der Waals surface area contributed by atoms with Crippen LogP contribution in [0.25, 0.3) is 70.7 Å². The zero-order valence-electron chi connectivity index (χ0n) is 17.2. The third-order valence-electron chi connectivity index (χ3n) is 6.91. The Labute approximate surface area is 182 Å². The van der Waals surface area contributed by atoms with Crippen LogP contribution < -0.4 is 0 Å². The molecule has 0 saturated carbocycles. The first-order chi connectivity index (χ1) is 15.8. The molecular weight excluding hydrogens is 390 g/mol. The van der Waals surface area contributed by atoms with E-state index in [0.717, 1.165) is 21.9 Å². The monoisotopic (exact) mass is 407 g/mol. The maximum Gasteiger partial charge on any atom is 0.136 e. The number of fused-ring (bicyclic) bond motifs is 12. The average molecular weight is 407 g/mol. The molecule has 3 aromatic heterocycles. The quantitative estimate of drug-likeness (QED) is 0.182. The molecule has 0 bridgehead atoms. The van der Waals surface area contributed by atoms with Crippen molar-refractivity contribution in [1.82, 2.24) is 4.40 Å². The normalized spacial score (nSPS) is 12.4. The Morgan fingerprint density at radius 2 is 1.16 bits per heavy atom. The van der Waals surface area contributed by atoms with Crippen LogP contribution in [0.4, 0.5) is 0 Å². The summed E-state index contributed by atoms with van der Waals surface area (Å²) in [5.74, 6) is 0. The van der Waals surface area contributed by atoms with Gasteiger partial charge in [0.1, 0.15) is 11.2 Å². The molecular formula is C30H17NO. The Hall–Kier alpha value is -4.30.